The maximum atomic E-state index is 6.30. The normalized spacial score (nSPS) is 36.9. The van der Waals surface area contributed by atoms with Gasteiger partial charge >= 0.3 is 0 Å². The molecule has 80 valence electrons. The minimum absolute atomic E-state index is 0.0897. The van der Waals surface area contributed by atoms with E-state index < -0.39 is 0 Å². The van der Waals surface area contributed by atoms with E-state index in [9.17, 15) is 0 Å². The van der Waals surface area contributed by atoms with Crippen molar-refractivity contribution in [1.82, 2.24) is 0 Å². The second-order valence-corrected chi connectivity index (χ2v) is 5.62. The van der Waals surface area contributed by atoms with Gasteiger partial charge in [0.05, 0.1) is 11.2 Å². The summed E-state index contributed by atoms with van der Waals surface area (Å²) in [5, 5.41) is 0. The molecule has 2 rings (SSSR count). The van der Waals surface area contributed by atoms with Gasteiger partial charge in [-0.1, -0.05) is 11.6 Å². The number of allylic oxidation sites excluding steroid dienone is 1. The van der Waals surface area contributed by atoms with Gasteiger partial charge in [0, 0.05) is 0 Å². The van der Waals surface area contributed by atoms with Gasteiger partial charge in [-0.05, 0) is 59.3 Å². The van der Waals surface area contributed by atoms with Crippen LogP contribution in [0.3, 0.4) is 0 Å². The van der Waals surface area contributed by atoms with Gasteiger partial charge in [-0.15, -0.1) is 0 Å². The summed E-state index contributed by atoms with van der Waals surface area (Å²) in [6, 6.07) is 0. The molecule has 2 aliphatic rings. The van der Waals surface area contributed by atoms with E-state index in [4.69, 9.17) is 4.74 Å². The summed E-state index contributed by atoms with van der Waals surface area (Å²) in [6.07, 6.45) is 9.96. The fourth-order valence-electron chi connectivity index (χ4n) is 3.00. The lowest BCUT2D eigenvalue weighted by Crippen LogP contribution is -2.45. The zero-order chi connectivity index (χ0) is 10.2. The second-order valence-electron chi connectivity index (χ2n) is 5.62. The number of ether oxygens (including phenoxy) is 1. The van der Waals surface area contributed by atoms with Crippen molar-refractivity contribution < 1.29 is 4.74 Å². The minimum Gasteiger partial charge on any atom is -0.365 e. The van der Waals surface area contributed by atoms with Crippen LogP contribution in [-0.4, -0.2) is 11.2 Å². The van der Waals surface area contributed by atoms with Crippen molar-refractivity contribution >= 4 is 0 Å². The predicted octanol–water partition coefficient (Wildman–Crippen LogP) is 3.83. The largest absolute Gasteiger partial charge is 0.365 e. The quantitative estimate of drug-likeness (QED) is 0.532. The number of hydrogen-bond acceptors (Lipinski definition) is 1. The lowest BCUT2D eigenvalue weighted by Gasteiger charge is -2.46. The summed E-state index contributed by atoms with van der Waals surface area (Å²) in [5.74, 6) is 0. The van der Waals surface area contributed by atoms with Crippen LogP contribution in [0.5, 0.6) is 0 Å². The van der Waals surface area contributed by atoms with E-state index in [1.807, 2.05) is 0 Å². The van der Waals surface area contributed by atoms with Gasteiger partial charge < -0.3 is 4.74 Å². The third-order valence-corrected chi connectivity index (χ3v) is 3.54. The molecule has 1 fully saturated rings. The first-order chi connectivity index (χ1) is 6.52. The number of rotatable bonds is 0. The van der Waals surface area contributed by atoms with Crippen LogP contribution in [0.15, 0.2) is 11.6 Å². The van der Waals surface area contributed by atoms with Crippen LogP contribution in [0.4, 0.5) is 0 Å². The molecule has 1 saturated heterocycles. The highest BCUT2D eigenvalue weighted by Crippen LogP contribution is 2.42. The molecular weight excluding hydrogens is 172 g/mol. The van der Waals surface area contributed by atoms with Crippen LogP contribution in [0, 0.1) is 0 Å². The Morgan fingerprint density at radius 1 is 1.14 bits per heavy atom. The van der Waals surface area contributed by atoms with Gasteiger partial charge in [0.25, 0.3) is 0 Å². The SMILES string of the molecule is CC1=CC2(CCC1)CCCC(C)(C)O2. The predicted molar refractivity (Wildman–Crippen MR) is 59.4 cm³/mol. The average Bonchev–Trinajstić information content (AvgIpc) is 2.00. The summed E-state index contributed by atoms with van der Waals surface area (Å²) < 4.78 is 6.30. The van der Waals surface area contributed by atoms with Crippen molar-refractivity contribution in [2.24, 2.45) is 0 Å². The zero-order valence-electron chi connectivity index (χ0n) is 9.73. The minimum atomic E-state index is 0.0897. The van der Waals surface area contributed by atoms with E-state index in [0.29, 0.717) is 0 Å². The number of hydrogen-bond donors (Lipinski definition) is 0. The van der Waals surface area contributed by atoms with E-state index >= 15 is 0 Å². The van der Waals surface area contributed by atoms with Crippen molar-refractivity contribution in [3.63, 3.8) is 0 Å². The van der Waals surface area contributed by atoms with Gasteiger partial charge in [-0.25, -0.2) is 0 Å². The van der Waals surface area contributed by atoms with Gasteiger partial charge in [0.1, 0.15) is 0 Å². The van der Waals surface area contributed by atoms with Crippen molar-refractivity contribution in [2.75, 3.05) is 0 Å². The fraction of sp³-hybridized carbons (Fsp3) is 0.846. The first-order valence-electron chi connectivity index (χ1n) is 5.90. The summed E-state index contributed by atoms with van der Waals surface area (Å²) in [4.78, 5) is 0. The molecule has 14 heavy (non-hydrogen) atoms. The highest BCUT2D eigenvalue weighted by Gasteiger charge is 2.40. The molecule has 1 nitrogen and oxygen atoms in total. The van der Waals surface area contributed by atoms with Gasteiger partial charge in [-0.2, -0.15) is 0 Å². The molecule has 1 aliphatic carbocycles. The first-order valence-corrected chi connectivity index (χ1v) is 5.90. The van der Waals surface area contributed by atoms with E-state index in [-0.39, 0.29) is 11.2 Å². The van der Waals surface area contributed by atoms with Crippen molar-refractivity contribution in [1.29, 1.82) is 0 Å². The van der Waals surface area contributed by atoms with Gasteiger partial charge in [0.15, 0.2) is 0 Å². The topological polar surface area (TPSA) is 9.23 Å². The molecule has 1 heterocycles. The van der Waals surface area contributed by atoms with Gasteiger partial charge in [-0.3, -0.25) is 0 Å². The van der Waals surface area contributed by atoms with Crippen molar-refractivity contribution in [3.05, 3.63) is 11.6 Å². The van der Waals surface area contributed by atoms with E-state index in [2.05, 4.69) is 26.8 Å². The first kappa shape index (κ1) is 10.2. The third-order valence-electron chi connectivity index (χ3n) is 3.54. The Kier molecular flexibility index (Phi) is 2.46. The highest BCUT2D eigenvalue weighted by molar-refractivity contribution is 5.15. The zero-order valence-corrected chi connectivity index (χ0v) is 9.73. The van der Waals surface area contributed by atoms with Crippen molar-refractivity contribution in [3.8, 4) is 0 Å². The van der Waals surface area contributed by atoms with Crippen molar-refractivity contribution in [2.45, 2.75) is 70.5 Å². The Balaban J connectivity index is 2.19. The molecule has 1 heteroatoms. The third kappa shape index (κ3) is 2.03. The average molecular weight is 194 g/mol. The van der Waals surface area contributed by atoms with Crippen LogP contribution in [0.2, 0.25) is 0 Å². The Hall–Kier alpha value is -0.300. The molecule has 0 saturated carbocycles. The van der Waals surface area contributed by atoms with Crippen LogP contribution in [-0.2, 0) is 4.74 Å². The Morgan fingerprint density at radius 3 is 2.50 bits per heavy atom. The van der Waals surface area contributed by atoms with Crippen LogP contribution in [0.25, 0.3) is 0 Å². The maximum Gasteiger partial charge on any atom is 0.0872 e. The smallest absolute Gasteiger partial charge is 0.0872 e. The monoisotopic (exact) mass is 194 g/mol. The van der Waals surface area contributed by atoms with Crippen LogP contribution in [0.1, 0.15) is 59.3 Å². The summed E-state index contributed by atoms with van der Waals surface area (Å²) >= 11 is 0. The van der Waals surface area contributed by atoms with E-state index in [0.717, 1.165) is 0 Å². The fourth-order valence-corrected chi connectivity index (χ4v) is 3.00. The molecule has 0 radical (unpaired) electrons. The lowest BCUT2D eigenvalue weighted by atomic mass is 9.79. The molecule has 1 atom stereocenters. The van der Waals surface area contributed by atoms with E-state index in [1.165, 1.54) is 44.1 Å². The standard InChI is InChI=1S/C13H22O/c1-11-6-4-8-13(10-11)9-5-7-12(2,3)14-13/h10H,4-9H2,1-3H3. The molecule has 0 amide bonds. The summed E-state index contributed by atoms with van der Waals surface area (Å²) in [5.41, 5.74) is 1.71. The molecule has 0 aromatic heterocycles. The van der Waals surface area contributed by atoms with Crippen LogP contribution >= 0.6 is 0 Å². The maximum absolute atomic E-state index is 6.30. The summed E-state index contributed by atoms with van der Waals surface area (Å²) in [7, 11) is 0. The van der Waals surface area contributed by atoms with Gasteiger partial charge in [0.2, 0.25) is 0 Å². The summed E-state index contributed by atoms with van der Waals surface area (Å²) in [6.45, 7) is 6.70. The molecular formula is C13H22O. The molecule has 0 N–H and O–H groups in total. The Morgan fingerprint density at radius 2 is 1.86 bits per heavy atom. The molecule has 1 unspecified atom stereocenters. The Labute approximate surface area is 87.5 Å². The molecule has 1 spiro atoms. The second kappa shape index (κ2) is 3.37. The molecule has 1 aliphatic heterocycles. The highest BCUT2D eigenvalue weighted by atomic mass is 16.5. The molecule has 0 bridgehead atoms. The molecule has 0 aromatic carbocycles. The Bertz CT molecular complexity index is 252. The van der Waals surface area contributed by atoms with E-state index in [1.54, 1.807) is 0 Å². The van der Waals surface area contributed by atoms with Crippen LogP contribution < -0.4 is 0 Å². The lowest BCUT2D eigenvalue weighted by molar-refractivity contribution is -0.154. The molecule has 0 aromatic rings.